The van der Waals surface area contributed by atoms with Crippen LogP contribution in [0, 0.1) is 5.82 Å². The van der Waals surface area contributed by atoms with Crippen molar-refractivity contribution >= 4 is 17.4 Å². The summed E-state index contributed by atoms with van der Waals surface area (Å²) in [5.74, 6) is 0.226. The van der Waals surface area contributed by atoms with Crippen molar-refractivity contribution in [1.29, 1.82) is 0 Å². The first kappa shape index (κ1) is 17.1. The predicted molar refractivity (Wildman–Crippen MR) is 103 cm³/mol. The Bertz CT molecular complexity index is 935. The van der Waals surface area contributed by atoms with Crippen LogP contribution >= 0.6 is 0 Å². The van der Waals surface area contributed by atoms with E-state index in [4.69, 9.17) is 0 Å². The Morgan fingerprint density at radius 1 is 0.963 bits per heavy atom. The Labute approximate surface area is 156 Å². The molecule has 2 heterocycles. The summed E-state index contributed by atoms with van der Waals surface area (Å²) in [7, 11) is 0. The molecule has 4 rings (SSSR count). The van der Waals surface area contributed by atoms with Gasteiger partial charge in [-0.25, -0.2) is 4.39 Å². The van der Waals surface area contributed by atoms with Gasteiger partial charge in [0.05, 0.1) is 5.69 Å². The number of carbonyl (C=O) groups excluding carboxylic acids is 1. The highest BCUT2D eigenvalue weighted by Gasteiger charge is 2.14. The zero-order valence-corrected chi connectivity index (χ0v) is 14.7. The molecule has 0 radical (unpaired) electrons. The van der Waals surface area contributed by atoms with Crippen molar-refractivity contribution in [2.45, 2.75) is 12.8 Å². The topological polar surface area (TPSA) is 58.1 Å². The van der Waals surface area contributed by atoms with Crippen molar-refractivity contribution in [2.75, 3.05) is 23.3 Å². The quantitative estimate of drug-likeness (QED) is 0.758. The van der Waals surface area contributed by atoms with Crippen LogP contribution in [-0.2, 0) is 0 Å². The van der Waals surface area contributed by atoms with Crippen molar-refractivity contribution in [2.24, 2.45) is 0 Å². The third kappa shape index (κ3) is 3.95. The van der Waals surface area contributed by atoms with Crippen LogP contribution in [0.1, 0.15) is 23.2 Å². The third-order valence-electron chi connectivity index (χ3n) is 4.61. The number of hydrogen-bond acceptors (Lipinski definition) is 4. The molecular formula is C21H19FN4O. The molecule has 0 saturated carbocycles. The molecule has 136 valence electrons. The fraction of sp³-hybridized carbons (Fsp3) is 0.190. The molecule has 0 unspecified atom stereocenters. The van der Waals surface area contributed by atoms with Gasteiger partial charge < -0.3 is 10.2 Å². The van der Waals surface area contributed by atoms with Crippen molar-refractivity contribution in [3.05, 3.63) is 72.0 Å². The van der Waals surface area contributed by atoms with E-state index in [2.05, 4.69) is 20.4 Å². The molecule has 1 saturated heterocycles. The summed E-state index contributed by atoms with van der Waals surface area (Å²) in [5.41, 5.74) is 2.56. The molecule has 3 aromatic rings. The first-order chi connectivity index (χ1) is 13.2. The van der Waals surface area contributed by atoms with Crippen molar-refractivity contribution in [3.8, 4) is 11.3 Å². The van der Waals surface area contributed by atoms with Crippen molar-refractivity contribution in [1.82, 2.24) is 10.2 Å². The summed E-state index contributed by atoms with van der Waals surface area (Å²) in [6.07, 6.45) is 2.39. The maximum absolute atomic E-state index is 13.2. The molecule has 1 aliphatic heterocycles. The number of nitrogens with one attached hydrogen (secondary N) is 1. The Kier molecular flexibility index (Phi) is 4.78. The highest BCUT2D eigenvalue weighted by molar-refractivity contribution is 6.04. The fourth-order valence-corrected chi connectivity index (χ4v) is 3.16. The second-order valence-corrected chi connectivity index (χ2v) is 6.51. The lowest BCUT2D eigenvalue weighted by molar-refractivity contribution is 0.102. The molecule has 0 aliphatic carbocycles. The standard InChI is InChI=1S/C21H19FN4O/c22-17-4-3-5-18(14-17)23-21(27)16-8-6-15(7-9-16)19-10-11-20(25-24-19)26-12-1-2-13-26/h3-11,14H,1-2,12-13H2,(H,23,27). The van der Waals surface area contributed by atoms with E-state index in [1.54, 1.807) is 24.3 Å². The van der Waals surface area contributed by atoms with Crippen LogP contribution in [0.4, 0.5) is 15.9 Å². The SMILES string of the molecule is O=C(Nc1cccc(F)c1)c1ccc(-c2ccc(N3CCCC3)nn2)cc1. The Hall–Kier alpha value is -3.28. The molecule has 0 bridgehead atoms. The van der Waals surface area contributed by atoms with Gasteiger partial charge in [-0.15, -0.1) is 10.2 Å². The van der Waals surface area contributed by atoms with Gasteiger partial charge >= 0.3 is 0 Å². The predicted octanol–water partition coefficient (Wildman–Crippen LogP) is 4.14. The van der Waals surface area contributed by atoms with Crippen LogP contribution in [0.25, 0.3) is 11.3 Å². The van der Waals surface area contributed by atoms with E-state index in [-0.39, 0.29) is 11.7 Å². The molecule has 2 aromatic carbocycles. The monoisotopic (exact) mass is 362 g/mol. The van der Waals surface area contributed by atoms with Gasteiger partial charge in [-0.2, -0.15) is 0 Å². The van der Waals surface area contributed by atoms with Gasteiger partial charge in [0.1, 0.15) is 5.82 Å². The van der Waals surface area contributed by atoms with E-state index in [0.29, 0.717) is 11.3 Å². The van der Waals surface area contributed by atoms with E-state index < -0.39 is 0 Å². The highest BCUT2D eigenvalue weighted by Crippen LogP contribution is 2.21. The minimum Gasteiger partial charge on any atom is -0.355 e. The second kappa shape index (κ2) is 7.53. The van der Waals surface area contributed by atoms with Crippen LogP contribution in [0.5, 0.6) is 0 Å². The van der Waals surface area contributed by atoms with Crippen LogP contribution in [0.15, 0.2) is 60.7 Å². The average Bonchev–Trinajstić information content (AvgIpc) is 3.23. The normalized spacial score (nSPS) is 13.6. The Balaban J connectivity index is 1.46. The molecule has 1 aliphatic rings. The summed E-state index contributed by atoms with van der Waals surface area (Å²) in [6.45, 7) is 2.06. The van der Waals surface area contributed by atoms with Crippen LogP contribution in [-0.4, -0.2) is 29.2 Å². The number of benzene rings is 2. The molecule has 1 aromatic heterocycles. The summed E-state index contributed by atoms with van der Waals surface area (Å²) in [4.78, 5) is 14.5. The molecule has 27 heavy (non-hydrogen) atoms. The lowest BCUT2D eigenvalue weighted by atomic mass is 10.1. The number of rotatable bonds is 4. The lowest BCUT2D eigenvalue weighted by Crippen LogP contribution is -2.19. The molecule has 1 N–H and O–H groups in total. The van der Waals surface area contributed by atoms with Crippen LogP contribution in [0.3, 0.4) is 0 Å². The number of hydrogen-bond donors (Lipinski definition) is 1. The molecule has 6 heteroatoms. The molecule has 5 nitrogen and oxygen atoms in total. The Morgan fingerprint density at radius 3 is 2.41 bits per heavy atom. The first-order valence-electron chi connectivity index (χ1n) is 8.95. The largest absolute Gasteiger partial charge is 0.355 e. The summed E-state index contributed by atoms with van der Waals surface area (Å²) >= 11 is 0. The van der Waals surface area contributed by atoms with Gasteiger partial charge in [0.2, 0.25) is 0 Å². The number of halogens is 1. The van der Waals surface area contributed by atoms with Gasteiger partial charge in [0, 0.05) is 29.9 Å². The molecular weight excluding hydrogens is 343 g/mol. The third-order valence-corrected chi connectivity index (χ3v) is 4.61. The van der Waals surface area contributed by atoms with Crippen molar-refractivity contribution < 1.29 is 9.18 Å². The van der Waals surface area contributed by atoms with Gasteiger partial charge in [-0.3, -0.25) is 4.79 Å². The zero-order chi connectivity index (χ0) is 18.6. The molecule has 0 spiro atoms. The minimum absolute atomic E-state index is 0.289. The number of carbonyl (C=O) groups is 1. The van der Waals surface area contributed by atoms with E-state index >= 15 is 0 Å². The number of anilines is 2. The van der Waals surface area contributed by atoms with E-state index in [9.17, 15) is 9.18 Å². The molecule has 0 atom stereocenters. The van der Waals surface area contributed by atoms with Gasteiger partial charge in [-0.05, 0) is 55.3 Å². The highest BCUT2D eigenvalue weighted by atomic mass is 19.1. The van der Waals surface area contributed by atoms with E-state index in [0.717, 1.165) is 30.2 Å². The second-order valence-electron chi connectivity index (χ2n) is 6.51. The summed E-state index contributed by atoms with van der Waals surface area (Å²) in [5, 5.41) is 11.3. The van der Waals surface area contributed by atoms with Gasteiger partial charge in [0.15, 0.2) is 5.82 Å². The fourth-order valence-electron chi connectivity index (χ4n) is 3.16. The summed E-state index contributed by atoms with van der Waals surface area (Å²) in [6, 6.07) is 16.9. The minimum atomic E-state index is -0.390. The number of nitrogens with zero attached hydrogens (tertiary/aromatic N) is 3. The Morgan fingerprint density at radius 2 is 1.74 bits per heavy atom. The number of amides is 1. The maximum atomic E-state index is 13.2. The number of aromatic nitrogens is 2. The molecule has 1 amide bonds. The van der Waals surface area contributed by atoms with Gasteiger partial charge in [0.25, 0.3) is 5.91 Å². The summed E-state index contributed by atoms with van der Waals surface area (Å²) < 4.78 is 13.2. The zero-order valence-electron chi connectivity index (χ0n) is 14.7. The van der Waals surface area contributed by atoms with E-state index in [1.807, 2.05) is 24.3 Å². The molecule has 1 fully saturated rings. The average molecular weight is 362 g/mol. The van der Waals surface area contributed by atoms with Crippen molar-refractivity contribution in [3.63, 3.8) is 0 Å². The smallest absolute Gasteiger partial charge is 0.255 e. The maximum Gasteiger partial charge on any atom is 0.255 e. The van der Waals surface area contributed by atoms with E-state index in [1.165, 1.54) is 25.0 Å². The first-order valence-corrected chi connectivity index (χ1v) is 8.95. The van der Waals surface area contributed by atoms with Crippen LogP contribution in [0.2, 0.25) is 0 Å². The lowest BCUT2D eigenvalue weighted by Gasteiger charge is -2.15. The van der Waals surface area contributed by atoms with Gasteiger partial charge in [-0.1, -0.05) is 18.2 Å². The van der Waals surface area contributed by atoms with Crippen LogP contribution < -0.4 is 10.2 Å².